The summed E-state index contributed by atoms with van der Waals surface area (Å²) in [5.74, 6) is 0.00152. The standard InChI is InChI=1S/C14H16O3/c1-9(14(15)16)12-5-3-4-10-8-11(17-2)6-7-13(10)12/h6-8H,3-5H2,1-2H3,(H,15,16). The molecule has 90 valence electrons. The number of aliphatic carboxylic acids is 1. The molecule has 1 aliphatic carbocycles. The molecule has 0 atom stereocenters. The van der Waals surface area contributed by atoms with Gasteiger partial charge in [-0.05, 0) is 55.0 Å². The normalized spacial score (nSPS) is 17.3. The van der Waals surface area contributed by atoms with Crippen LogP contribution < -0.4 is 4.74 Å². The summed E-state index contributed by atoms with van der Waals surface area (Å²) in [5.41, 5.74) is 3.67. The fraction of sp³-hybridized carbons (Fsp3) is 0.357. The predicted octanol–water partition coefficient (Wildman–Crippen LogP) is 2.89. The number of carbonyl (C=O) groups is 1. The lowest BCUT2D eigenvalue weighted by Crippen LogP contribution is -2.07. The zero-order valence-corrected chi connectivity index (χ0v) is 10.1. The maximum absolute atomic E-state index is 11.0. The number of ether oxygens (including phenoxy) is 1. The molecule has 3 nitrogen and oxygen atoms in total. The van der Waals surface area contributed by atoms with Crippen LogP contribution in [-0.2, 0) is 11.2 Å². The number of hydrogen-bond acceptors (Lipinski definition) is 2. The molecule has 0 amide bonds. The first kappa shape index (κ1) is 11.7. The number of carboxylic acid groups (broad SMARTS) is 1. The predicted molar refractivity (Wildman–Crippen MR) is 66.2 cm³/mol. The van der Waals surface area contributed by atoms with Gasteiger partial charge in [-0.25, -0.2) is 4.79 Å². The van der Waals surface area contributed by atoms with Crippen LogP contribution in [0.3, 0.4) is 0 Å². The highest BCUT2D eigenvalue weighted by molar-refractivity contribution is 5.96. The minimum Gasteiger partial charge on any atom is -0.497 e. The van der Waals surface area contributed by atoms with Crippen molar-refractivity contribution in [3.63, 3.8) is 0 Å². The quantitative estimate of drug-likeness (QED) is 0.797. The van der Waals surface area contributed by atoms with Gasteiger partial charge in [0, 0.05) is 5.57 Å². The van der Waals surface area contributed by atoms with Gasteiger partial charge >= 0.3 is 5.97 Å². The molecule has 0 radical (unpaired) electrons. The molecule has 1 aromatic rings. The Morgan fingerprint density at radius 3 is 2.76 bits per heavy atom. The molecule has 2 rings (SSSR count). The molecular formula is C14H16O3. The number of benzene rings is 1. The fourth-order valence-electron chi connectivity index (χ4n) is 2.31. The summed E-state index contributed by atoms with van der Waals surface area (Å²) in [6, 6.07) is 5.86. The molecule has 0 bridgehead atoms. The van der Waals surface area contributed by atoms with Gasteiger partial charge in [-0.1, -0.05) is 6.07 Å². The van der Waals surface area contributed by atoms with Crippen LogP contribution in [0.2, 0.25) is 0 Å². The number of fused-ring (bicyclic) bond motifs is 1. The summed E-state index contributed by atoms with van der Waals surface area (Å²) in [6.45, 7) is 1.68. The lowest BCUT2D eigenvalue weighted by atomic mass is 9.85. The first-order valence-corrected chi connectivity index (χ1v) is 5.74. The number of hydrogen-bond donors (Lipinski definition) is 1. The minimum atomic E-state index is -0.830. The number of methoxy groups -OCH3 is 1. The van der Waals surface area contributed by atoms with Crippen LogP contribution in [0.25, 0.3) is 5.57 Å². The zero-order chi connectivity index (χ0) is 12.4. The van der Waals surface area contributed by atoms with Crippen LogP contribution in [0.15, 0.2) is 23.8 Å². The Labute approximate surface area is 101 Å². The first-order valence-electron chi connectivity index (χ1n) is 5.74. The van der Waals surface area contributed by atoms with Crippen molar-refractivity contribution in [3.05, 3.63) is 34.9 Å². The van der Waals surface area contributed by atoms with Crippen LogP contribution in [-0.4, -0.2) is 18.2 Å². The van der Waals surface area contributed by atoms with E-state index in [1.165, 1.54) is 5.56 Å². The smallest absolute Gasteiger partial charge is 0.331 e. The SMILES string of the molecule is COc1ccc2c(c1)CCCC2=C(C)C(=O)O. The third-order valence-corrected chi connectivity index (χ3v) is 3.28. The molecule has 0 spiro atoms. The molecule has 1 aliphatic rings. The van der Waals surface area contributed by atoms with E-state index in [1.54, 1.807) is 14.0 Å². The Morgan fingerprint density at radius 1 is 1.35 bits per heavy atom. The molecule has 0 aromatic heterocycles. The van der Waals surface area contributed by atoms with E-state index < -0.39 is 5.97 Å². The van der Waals surface area contributed by atoms with Crippen molar-refractivity contribution in [1.29, 1.82) is 0 Å². The van der Waals surface area contributed by atoms with Crippen molar-refractivity contribution < 1.29 is 14.6 Å². The third kappa shape index (κ3) is 2.18. The van der Waals surface area contributed by atoms with Gasteiger partial charge in [0.1, 0.15) is 5.75 Å². The molecule has 0 unspecified atom stereocenters. The van der Waals surface area contributed by atoms with Crippen molar-refractivity contribution in [1.82, 2.24) is 0 Å². The van der Waals surface area contributed by atoms with Gasteiger partial charge in [0.15, 0.2) is 0 Å². The van der Waals surface area contributed by atoms with Crippen LogP contribution in [0.4, 0.5) is 0 Å². The molecule has 17 heavy (non-hydrogen) atoms. The average Bonchev–Trinajstić information content (AvgIpc) is 2.36. The minimum absolute atomic E-state index is 0.455. The largest absolute Gasteiger partial charge is 0.497 e. The van der Waals surface area contributed by atoms with E-state index in [-0.39, 0.29) is 0 Å². The van der Waals surface area contributed by atoms with Gasteiger partial charge in [-0.15, -0.1) is 0 Å². The van der Waals surface area contributed by atoms with E-state index in [9.17, 15) is 4.79 Å². The van der Waals surface area contributed by atoms with E-state index in [1.807, 2.05) is 18.2 Å². The van der Waals surface area contributed by atoms with Crippen molar-refractivity contribution >= 4 is 11.5 Å². The highest BCUT2D eigenvalue weighted by Crippen LogP contribution is 2.34. The Hall–Kier alpha value is -1.77. The third-order valence-electron chi connectivity index (χ3n) is 3.28. The van der Waals surface area contributed by atoms with Crippen molar-refractivity contribution in [2.75, 3.05) is 7.11 Å². The highest BCUT2D eigenvalue weighted by atomic mass is 16.5. The van der Waals surface area contributed by atoms with Crippen LogP contribution in [0, 0.1) is 0 Å². The summed E-state index contributed by atoms with van der Waals surface area (Å²) < 4.78 is 5.19. The van der Waals surface area contributed by atoms with Crippen LogP contribution in [0.1, 0.15) is 30.9 Å². The molecule has 1 aromatic carbocycles. The van der Waals surface area contributed by atoms with Gasteiger partial charge in [-0.2, -0.15) is 0 Å². The topological polar surface area (TPSA) is 46.5 Å². The second kappa shape index (κ2) is 4.62. The van der Waals surface area contributed by atoms with E-state index in [0.29, 0.717) is 5.57 Å². The number of carboxylic acids is 1. The lowest BCUT2D eigenvalue weighted by molar-refractivity contribution is -0.132. The molecule has 1 N–H and O–H groups in total. The second-order valence-corrected chi connectivity index (χ2v) is 4.29. The zero-order valence-electron chi connectivity index (χ0n) is 10.1. The highest BCUT2D eigenvalue weighted by Gasteiger charge is 2.19. The van der Waals surface area contributed by atoms with E-state index >= 15 is 0 Å². The van der Waals surface area contributed by atoms with Gasteiger partial charge in [-0.3, -0.25) is 0 Å². The molecule has 0 fully saturated rings. The average molecular weight is 232 g/mol. The molecule has 3 heteroatoms. The summed E-state index contributed by atoms with van der Waals surface area (Å²) in [5, 5.41) is 9.08. The summed E-state index contributed by atoms with van der Waals surface area (Å²) in [6.07, 6.45) is 2.83. The lowest BCUT2D eigenvalue weighted by Gasteiger charge is -2.21. The van der Waals surface area contributed by atoms with Crippen LogP contribution >= 0.6 is 0 Å². The summed E-state index contributed by atoms with van der Waals surface area (Å²) in [4.78, 5) is 11.0. The summed E-state index contributed by atoms with van der Waals surface area (Å²) in [7, 11) is 1.64. The number of aryl methyl sites for hydroxylation is 1. The molecule has 0 heterocycles. The second-order valence-electron chi connectivity index (χ2n) is 4.29. The summed E-state index contributed by atoms with van der Waals surface area (Å²) >= 11 is 0. The Morgan fingerprint density at radius 2 is 2.12 bits per heavy atom. The van der Waals surface area contributed by atoms with Crippen molar-refractivity contribution in [2.45, 2.75) is 26.2 Å². The molecule has 0 saturated heterocycles. The van der Waals surface area contributed by atoms with E-state index in [2.05, 4.69) is 0 Å². The van der Waals surface area contributed by atoms with Crippen LogP contribution in [0.5, 0.6) is 5.75 Å². The van der Waals surface area contributed by atoms with E-state index in [0.717, 1.165) is 36.1 Å². The van der Waals surface area contributed by atoms with E-state index in [4.69, 9.17) is 9.84 Å². The first-order chi connectivity index (χ1) is 8.13. The van der Waals surface area contributed by atoms with Crippen molar-refractivity contribution in [3.8, 4) is 5.75 Å². The molecule has 0 saturated carbocycles. The van der Waals surface area contributed by atoms with Gasteiger partial charge in [0.2, 0.25) is 0 Å². The maximum atomic E-state index is 11.0. The van der Waals surface area contributed by atoms with Crippen molar-refractivity contribution in [2.24, 2.45) is 0 Å². The fourth-order valence-corrected chi connectivity index (χ4v) is 2.31. The Kier molecular flexibility index (Phi) is 3.18. The van der Waals surface area contributed by atoms with Gasteiger partial charge < -0.3 is 9.84 Å². The number of allylic oxidation sites excluding steroid dienone is 1. The molecule has 0 aliphatic heterocycles. The number of rotatable bonds is 2. The Bertz CT molecular complexity index is 486. The van der Waals surface area contributed by atoms with Gasteiger partial charge in [0.25, 0.3) is 0 Å². The maximum Gasteiger partial charge on any atom is 0.331 e. The Balaban J connectivity index is 2.52. The monoisotopic (exact) mass is 232 g/mol. The molecular weight excluding hydrogens is 216 g/mol. The van der Waals surface area contributed by atoms with Gasteiger partial charge in [0.05, 0.1) is 7.11 Å².